The average Bonchev–Trinajstić information content (AvgIpc) is 2.74. The zero-order valence-electron chi connectivity index (χ0n) is 15.8. The van der Waals surface area contributed by atoms with Crippen molar-refractivity contribution in [1.29, 1.82) is 0 Å². The summed E-state index contributed by atoms with van der Waals surface area (Å²) in [4.78, 5) is 13.8. The molecule has 4 aromatic rings. The number of hydrogen-bond acceptors (Lipinski definition) is 3. The molecule has 0 fully saturated rings. The van der Waals surface area contributed by atoms with Gasteiger partial charge in [0.1, 0.15) is 17.9 Å². The van der Waals surface area contributed by atoms with Crippen LogP contribution in [0.3, 0.4) is 0 Å². The molecule has 0 saturated heterocycles. The molecule has 1 N–H and O–H groups in total. The van der Waals surface area contributed by atoms with Gasteiger partial charge < -0.3 is 9.15 Å². The summed E-state index contributed by atoms with van der Waals surface area (Å²) in [5.41, 5.74) is 3.78. The fraction of sp³-hybridized carbons (Fsp3) is 0.208. The molecule has 4 nitrogen and oxygen atoms in total. The number of ether oxygens (including phenoxy) is 1. The molecule has 0 amide bonds. The average molecular weight is 372 g/mol. The second kappa shape index (κ2) is 6.80. The Morgan fingerprint density at radius 3 is 2.54 bits per heavy atom. The van der Waals surface area contributed by atoms with Crippen LogP contribution in [-0.4, -0.2) is 13.3 Å². The van der Waals surface area contributed by atoms with Crippen LogP contribution < -0.4 is 15.3 Å². The van der Waals surface area contributed by atoms with Crippen molar-refractivity contribution in [3.63, 3.8) is 0 Å². The Hall–Kier alpha value is -3.11. The van der Waals surface area contributed by atoms with Gasteiger partial charge in [0, 0.05) is 22.9 Å². The Labute approximate surface area is 163 Å². The maximum Gasteiger partial charge on any atom is 0.344 e. The number of hydrogen-bond donors (Lipinski definition) is 1. The monoisotopic (exact) mass is 372 g/mol. The zero-order valence-corrected chi connectivity index (χ0v) is 15.8. The molecule has 3 aromatic carbocycles. The van der Waals surface area contributed by atoms with Crippen LogP contribution in [0, 0.1) is 6.92 Å². The van der Waals surface area contributed by atoms with Gasteiger partial charge in [0.25, 0.3) is 0 Å². The number of quaternary nitrogens is 1. The summed E-state index contributed by atoms with van der Waals surface area (Å²) in [6, 6.07) is 20.3. The molecule has 1 aliphatic heterocycles. The summed E-state index contributed by atoms with van der Waals surface area (Å²) in [7, 11) is 0. The highest BCUT2D eigenvalue weighted by molar-refractivity contribution is 6.06. The van der Waals surface area contributed by atoms with Gasteiger partial charge in [0.15, 0.2) is 0 Å². The molecule has 140 valence electrons. The van der Waals surface area contributed by atoms with Crippen LogP contribution >= 0.6 is 0 Å². The van der Waals surface area contributed by atoms with Crippen LogP contribution in [0.25, 0.3) is 21.7 Å². The molecule has 0 radical (unpaired) electrons. The third-order valence-corrected chi connectivity index (χ3v) is 5.64. The Kier molecular flexibility index (Phi) is 4.14. The van der Waals surface area contributed by atoms with E-state index in [0.29, 0.717) is 17.7 Å². The largest absolute Gasteiger partial charge is 0.444 e. The fourth-order valence-electron chi connectivity index (χ4n) is 4.18. The van der Waals surface area contributed by atoms with E-state index in [-0.39, 0.29) is 5.63 Å². The van der Waals surface area contributed by atoms with E-state index in [1.54, 1.807) is 0 Å². The van der Waals surface area contributed by atoms with Crippen LogP contribution in [0.5, 0.6) is 5.75 Å². The van der Waals surface area contributed by atoms with Crippen LogP contribution in [0.2, 0.25) is 0 Å². The van der Waals surface area contributed by atoms with Gasteiger partial charge in [-0.05, 0) is 30.0 Å². The zero-order chi connectivity index (χ0) is 19.1. The van der Waals surface area contributed by atoms with Crippen molar-refractivity contribution in [3.05, 3.63) is 87.8 Å². The first-order chi connectivity index (χ1) is 13.7. The van der Waals surface area contributed by atoms with Crippen molar-refractivity contribution in [2.24, 2.45) is 0 Å². The maximum atomic E-state index is 12.4. The summed E-state index contributed by atoms with van der Waals surface area (Å²) >= 11 is 0. The van der Waals surface area contributed by atoms with E-state index in [1.165, 1.54) is 16.0 Å². The maximum absolute atomic E-state index is 12.4. The van der Waals surface area contributed by atoms with Gasteiger partial charge in [0.2, 0.25) is 6.73 Å². The Bertz CT molecular complexity index is 1230. The molecule has 1 atom stereocenters. The van der Waals surface area contributed by atoms with Crippen molar-refractivity contribution in [2.75, 3.05) is 13.3 Å². The molecule has 28 heavy (non-hydrogen) atoms. The van der Waals surface area contributed by atoms with Gasteiger partial charge in [-0.1, -0.05) is 48.5 Å². The lowest BCUT2D eigenvalue weighted by molar-refractivity contribution is -0.932. The predicted octanol–water partition coefficient (Wildman–Crippen LogP) is 3.23. The molecule has 2 heterocycles. The van der Waals surface area contributed by atoms with E-state index < -0.39 is 0 Å². The number of nitrogens with one attached hydrogen (secondary N) is 1. The predicted molar refractivity (Wildman–Crippen MR) is 110 cm³/mol. The lowest BCUT2D eigenvalue weighted by Gasteiger charge is -2.27. The molecule has 0 bridgehead atoms. The number of fused-ring (bicyclic) bond motifs is 4. The van der Waals surface area contributed by atoms with Gasteiger partial charge in [-0.3, -0.25) is 4.90 Å². The molecule has 0 saturated carbocycles. The Balaban J connectivity index is 1.52. The molecule has 1 aromatic heterocycles. The summed E-state index contributed by atoms with van der Waals surface area (Å²) < 4.78 is 11.8. The molecule has 1 aliphatic rings. The first-order valence-corrected chi connectivity index (χ1v) is 9.69. The molecule has 0 spiro atoms. The van der Waals surface area contributed by atoms with Gasteiger partial charge in [-0.2, -0.15) is 0 Å². The van der Waals surface area contributed by atoms with Crippen LogP contribution in [0.1, 0.15) is 16.7 Å². The highest BCUT2D eigenvalue weighted by Gasteiger charge is 2.25. The van der Waals surface area contributed by atoms with E-state index in [4.69, 9.17) is 9.15 Å². The Morgan fingerprint density at radius 2 is 1.71 bits per heavy atom. The third kappa shape index (κ3) is 2.86. The summed E-state index contributed by atoms with van der Waals surface area (Å²) in [5, 5.41) is 2.55. The van der Waals surface area contributed by atoms with Gasteiger partial charge in [-0.25, -0.2) is 4.79 Å². The molecule has 5 rings (SSSR count). The molecule has 1 unspecified atom stereocenters. The Morgan fingerprint density at radius 1 is 0.964 bits per heavy atom. The van der Waals surface area contributed by atoms with Crippen LogP contribution in [0.15, 0.2) is 69.9 Å². The van der Waals surface area contributed by atoms with E-state index in [2.05, 4.69) is 30.3 Å². The molecular weight excluding hydrogens is 350 g/mol. The SMILES string of the molecule is Cc1c2c(cc3c1oc(=O)c1ccccc13)C[NH+](CCc1ccccc1)CO2. The van der Waals surface area contributed by atoms with Gasteiger partial charge in [-0.15, -0.1) is 0 Å². The highest BCUT2D eigenvalue weighted by Crippen LogP contribution is 2.34. The lowest BCUT2D eigenvalue weighted by atomic mass is 10.00. The van der Waals surface area contributed by atoms with E-state index in [1.807, 2.05) is 37.3 Å². The third-order valence-electron chi connectivity index (χ3n) is 5.64. The number of benzene rings is 3. The van der Waals surface area contributed by atoms with Crippen molar-refractivity contribution in [2.45, 2.75) is 19.9 Å². The van der Waals surface area contributed by atoms with E-state index >= 15 is 0 Å². The fourth-order valence-corrected chi connectivity index (χ4v) is 4.18. The summed E-state index contributed by atoms with van der Waals surface area (Å²) in [6.45, 7) is 4.54. The van der Waals surface area contributed by atoms with Crippen molar-refractivity contribution in [3.8, 4) is 5.75 Å². The number of rotatable bonds is 3. The van der Waals surface area contributed by atoms with Gasteiger partial charge >= 0.3 is 5.63 Å². The van der Waals surface area contributed by atoms with Crippen LogP contribution in [-0.2, 0) is 13.0 Å². The summed E-state index contributed by atoms with van der Waals surface area (Å²) in [6.07, 6.45) is 1.03. The van der Waals surface area contributed by atoms with E-state index in [9.17, 15) is 4.79 Å². The highest BCUT2D eigenvalue weighted by atomic mass is 16.5. The first-order valence-electron chi connectivity index (χ1n) is 9.69. The first kappa shape index (κ1) is 17.0. The molecule has 4 heteroatoms. The van der Waals surface area contributed by atoms with Crippen molar-refractivity contribution >= 4 is 21.7 Å². The van der Waals surface area contributed by atoms with Crippen LogP contribution in [0.4, 0.5) is 0 Å². The minimum absolute atomic E-state index is 0.294. The lowest BCUT2D eigenvalue weighted by Crippen LogP contribution is -3.12. The van der Waals surface area contributed by atoms with Crippen molar-refractivity contribution < 1.29 is 14.1 Å². The van der Waals surface area contributed by atoms with Gasteiger partial charge in [0.05, 0.1) is 11.9 Å². The second-order valence-corrected chi connectivity index (χ2v) is 7.50. The number of aryl methyl sites for hydroxylation is 1. The smallest absolute Gasteiger partial charge is 0.344 e. The minimum Gasteiger partial charge on any atom is -0.444 e. The van der Waals surface area contributed by atoms with Crippen molar-refractivity contribution in [1.82, 2.24) is 0 Å². The minimum atomic E-state index is -0.294. The summed E-state index contributed by atoms with van der Waals surface area (Å²) in [5.74, 6) is 0.870. The standard InChI is InChI=1S/C24H21NO3/c1-16-22-18(14-25(15-27-22)12-11-17-7-3-2-4-8-17)13-21-19-9-5-6-10-20(19)24(26)28-23(16)21/h2-10,13H,11-12,14-15H2,1H3/p+1. The topological polar surface area (TPSA) is 43.9 Å². The quantitative estimate of drug-likeness (QED) is 0.444. The normalized spacial score (nSPS) is 16.1. The molecular formula is C24H22NO3+. The molecule has 0 aliphatic carbocycles. The van der Waals surface area contributed by atoms with E-state index in [0.717, 1.165) is 41.6 Å². The second-order valence-electron chi connectivity index (χ2n) is 7.50.